The van der Waals surface area contributed by atoms with Crippen LogP contribution in [0, 0.1) is 0 Å². The van der Waals surface area contributed by atoms with Crippen molar-refractivity contribution in [1.82, 2.24) is 9.78 Å². The molecule has 0 amide bonds. The molecule has 0 saturated heterocycles. The van der Waals surface area contributed by atoms with Gasteiger partial charge in [0.05, 0.1) is 11.3 Å². The maximum atomic E-state index is 12.3. The van der Waals surface area contributed by atoms with Crippen LogP contribution in [-0.4, -0.2) is 21.5 Å². The molecule has 5 nitrogen and oxygen atoms in total. The third-order valence-corrected chi connectivity index (χ3v) is 3.66. The van der Waals surface area contributed by atoms with Gasteiger partial charge in [0.15, 0.2) is 5.78 Å². The number of aromatic nitrogens is 2. The van der Waals surface area contributed by atoms with Crippen LogP contribution in [0.2, 0.25) is 0 Å². The number of esters is 1. The second-order valence-corrected chi connectivity index (χ2v) is 5.90. The minimum atomic E-state index is -0.526. The zero-order chi connectivity index (χ0) is 16.3. The predicted octanol–water partition coefficient (Wildman–Crippen LogP) is 3.56. The zero-order valence-corrected chi connectivity index (χ0v) is 14.3. The number of ketones is 1. The van der Waals surface area contributed by atoms with E-state index < -0.39 is 5.97 Å². The molecule has 0 fully saturated rings. The molecule has 0 atom stereocenters. The number of carbonyl (C=O) groups is 2. The first-order valence-corrected chi connectivity index (χ1v) is 7.77. The van der Waals surface area contributed by atoms with E-state index in [1.165, 1.54) is 11.6 Å². The monoisotopic (exact) mass is 364 g/mol. The Labute approximate surface area is 137 Å². The van der Waals surface area contributed by atoms with Crippen LogP contribution >= 0.6 is 15.9 Å². The average molecular weight is 365 g/mol. The summed E-state index contributed by atoms with van der Waals surface area (Å²) in [6.07, 6.45) is 1.75. The molecule has 2 aromatic rings. The molecule has 1 heterocycles. The second-order valence-electron chi connectivity index (χ2n) is 4.98. The fourth-order valence-electron chi connectivity index (χ4n) is 2.11. The Hall–Kier alpha value is -1.95. The average Bonchev–Trinajstić information content (AvgIpc) is 2.82. The van der Waals surface area contributed by atoms with Crippen molar-refractivity contribution in [2.75, 3.05) is 0 Å². The van der Waals surface area contributed by atoms with E-state index in [9.17, 15) is 9.59 Å². The highest BCUT2D eigenvalue weighted by atomic mass is 79.9. The van der Waals surface area contributed by atoms with Crippen LogP contribution in [0.15, 0.2) is 28.7 Å². The van der Waals surface area contributed by atoms with Crippen LogP contribution in [0.25, 0.3) is 0 Å². The lowest BCUT2D eigenvalue weighted by molar-refractivity contribution is 0.0721. The summed E-state index contributed by atoms with van der Waals surface area (Å²) < 4.78 is 7.63. The van der Waals surface area contributed by atoms with E-state index >= 15 is 0 Å². The summed E-state index contributed by atoms with van der Waals surface area (Å²) in [5, 5.41) is 4.28. The maximum Gasteiger partial charge on any atom is 0.362 e. The molecule has 1 aromatic carbocycles. The van der Waals surface area contributed by atoms with E-state index in [-0.39, 0.29) is 11.5 Å². The summed E-state index contributed by atoms with van der Waals surface area (Å²) in [5.41, 5.74) is 1.57. The molecule has 6 heteroatoms. The number of nitrogens with zero attached hydrogens (tertiary/aromatic N) is 2. The smallest absolute Gasteiger partial charge is 0.362 e. The van der Waals surface area contributed by atoms with Crippen LogP contribution in [-0.2, 0) is 13.5 Å². The van der Waals surface area contributed by atoms with Gasteiger partial charge in [-0.2, -0.15) is 5.10 Å². The molecule has 0 spiro atoms. The highest BCUT2D eigenvalue weighted by Gasteiger charge is 2.18. The molecular weight excluding hydrogens is 348 g/mol. The summed E-state index contributed by atoms with van der Waals surface area (Å²) in [5.74, 6) is -0.443. The Morgan fingerprint density at radius 1 is 1.32 bits per heavy atom. The molecule has 0 N–H and O–H groups in total. The molecule has 2 rings (SSSR count). The first-order chi connectivity index (χ1) is 10.4. The fraction of sp³-hybridized carbons (Fsp3) is 0.312. The van der Waals surface area contributed by atoms with E-state index in [2.05, 4.69) is 21.0 Å². The first kappa shape index (κ1) is 16.4. The Kier molecular flexibility index (Phi) is 5.13. The van der Waals surface area contributed by atoms with Crippen molar-refractivity contribution < 1.29 is 14.3 Å². The first-order valence-electron chi connectivity index (χ1n) is 6.98. The Morgan fingerprint density at radius 2 is 2.05 bits per heavy atom. The Bertz CT molecular complexity index is 722. The summed E-state index contributed by atoms with van der Waals surface area (Å²) in [6.45, 7) is 3.48. The third kappa shape index (κ3) is 3.62. The third-order valence-electron chi connectivity index (χ3n) is 3.17. The van der Waals surface area contributed by atoms with Gasteiger partial charge in [0.2, 0.25) is 0 Å². The van der Waals surface area contributed by atoms with Crippen LogP contribution < -0.4 is 4.74 Å². The lowest BCUT2D eigenvalue weighted by Crippen LogP contribution is -2.15. The number of benzene rings is 1. The molecule has 0 radical (unpaired) electrons. The molecule has 0 unspecified atom stereocenters. The number of ether oxygens (including phenoxy) is 1. The fourth-order valence-corrected chi connectivity index (χ4v) is 2.48. The minimum Gasteiger partial charge on any atom is -0.421 e. The minimum absolute atomic E-state index is 0.166. The summed E-state index contributed by atoms with van der Waals surface area (Å²) in [4.78, 5) is 24.0. The van der Waals surface area contributed by atoms with Gasteiger partial charge in [-0.3, -0.25) is 9.48 Å². The van der Waals surface area contributed by atoms with Gasteiger partial charge in [0, 0.05) is 11.5 Å². The number of aryl methyl sites for hydroxylation is 2. The maximum absolute atomic E-state index is 12.3. The van der Waals surface area contributed by atoms with Gasteiger partial charge in [-0.15, -0.1) is 0 Å². The summed E-state index contributed by atoms with van der Waals surface area (Å²) in [7, 11) is 1.70. The highest BCUT2D eigenvalue weighted by molar-refractivity contribution is 9.10. The van der Waals surface area contributed by atoms with E-state index in [1.807, 2.05) is 6.92 Å². The van der Waals surface area contributed by atoms with E-state index in [0.29, 0.717) is 11.3 Å². The van der Waals surface area contributed by atoms with Crippen molar-refractivity contribution in [3.63, 3.8) is 0 Å². The number of carbonyl (C=O) groups excluding carboxylic acids is 2. The van der Waals surface area contributed by atoms with Gasteiger partial charge in [0.25, 0.3) is 0 Å². The zero-order valence-electron chi connectivity index (χ0n) is 12.7. The standard InChI is InChI=1S/C16H17BrN2O3/c1-4-5-12-9-14(19(3)18-12)16(21)22-15-7-6-11(17)8-13(15)10(2)20/h6-9H,4-5H2,1-3H3. The highest BCUT2D eigenvalue weighted by Crippen LogP contribution is 2.24. The molecule has 0 aliphatic carbocycles. The number of Topliss-reactive ketones (excluding diaryl/α,β-unsaturated/α-hetero) is 1. The van der Waals surface area contributed by atoms with Crippen molar-refractivity contribution >= 4 is 27.7 Å². The molecule has 1 aromatic heterocycles. The van der Waals surface area contributed by atoms with Crippen LogP contribution in [0.3, 0.4) is 0 Å². The topological polar surface area (TPSA) is 61.2 Å². The van der Waals surface area contributed by atoms with Gasteiger partial charge in [-0.05, 0) is 37.6 Å². The molecular formula is C16H17BrN2O3. The van der Waals surface area contributed by atoms with Crippen LogP contribution in [0.1, 0.15) is 46.8 Å². The SMILES string of the molecule is CCCc1cc(C(=O)Oc2ccc(Br)cc2C(C)=O)n(C)n1. The largest absolute Gasteiger partial charge is 0.421 e. The van der Waals surface area contributed by atoms with E-state index in [1.54, 1.807) is 31.3 Å². The van der Waals surface area contributed by atoms with Crippen molar-refractivity contribution in [1.29, 1.82) is 0 Å². The lowest BCUT2D eigenvalue weighted by atomic mass is 10.1. The quantitative estimate of drug-likeness (QED) is 0.462. The van der Waals surface area contributed by atoms with Crippen molar-refractivity contribution in [3.8, 4) is 5.75 Å². The van der Waals surface area contributed by atoms with Crippen molar-refractivity contribution in [2.24, 2.45) is 7.05 Å². The van der Waals surface area contributed by atoms with Gasteiger partial charge in [-0.1, -0.05) is 29.3 Å². The van der Waals surface area contributed by atoms with Gasteiger partial charge >= 0.3 is 5.97 Å². The van der Waals surface area contributed by atoms with Gasteiger partial charge in [0.1, 0.15) is 11.4 Å². The van der Waals surface area contributed by atoms with Crippen molar-refractivity contribution in [3.05, 3.63) is 45.7 Å². The summed E-state index contributed by atoms with van der Waals surface area (Å²) in [6, 6.07) is 6.68. The van der Waals surface area contributed by atoms with Crippen LogP contribution in [0.4, 0.5) is 0 Å². The van der Waals surface area contributed by atoms with Gasteiger partial charge in [-0.25, -0.2) is 4.79 Å². The van der Waals surface area contributed by atoms with E-state index in [4.69, 9.17) is 4.74 Å². The van der Waals surface area contributed by atoms with Crippen molar-refractivity contribution in [2.45, 2.75) is 26.7 Å². The summed E-state index contributed by atoms with van der Waals surface area (Å²) >= 11 is 3.30. The normalized spacial score (nSPS) is 10.5. The van der Waals surface area contributed by atoms with Crippen LogP contribution in [0.5, 0.6) is 5.75 Å². The molecule has 0 saturated carbocycles. The Morgan fingerprint density at radius 3 is 2.68 bits per heavy atom. The number of hydrogen-bond donors (Lipinski definition) is 0. The van der Waals surface area contributed by atoms with E-state index in [0.717, 1.165) is 23.0 Å². The predicted molar refractivity (Wildman–Crippen MR) is 86.3 cm³/mol. The number of halogens is 1. The number of hydrogen-bond acceptors (Lipinski definition) is 4. The van der Waals surface area contributed by atoms with Gasteiger partial charge < -0.3 is 4.74 Å². The number of rotatable bonds is 5. The molecule has 116 valence electrons. The second kappa shape index (κ2) is 6.87. The lowest BCUT2D eigenvalue weighted by Gasteiger charge is -2.08. The molecule has 0 aliphatic rings. The molecule has 22 heavy (non-hydrogen) atoms. The molecule has 0 aliphatic heterocycles. The Balaban J connectivity index is 2.27. The molecule has 0 bridgehead atoms.